The van der Waals surface area contributed by atoms with E-state index in [1.807, 2.05) is 19.1 Å². The fourth-order valence-electron chi connectivity index (χ4n) is 2.13. The Hall–Kier alpha value is -1.33. The number of benzene rings is 1. The first-order valence-electron chi connectivity index (χ1n) is 6.80. The van der Waals surface area contributed by atoms with E-state index >= 15 is 0 Å². The predicted molar refractivity (Wildman–Crippen MR) is 85.2 cm³/mol. The van der Waals surface area contributed by atoms with Gasteiger partial charge >= 0.3 is 0 Å². The topological polar surface area (TPSA) is 44.2 Å². The predicted octanol–water partition coefficient (Wildman–Crippen LogP) is 4.28. The molecule has 1 aliphatic heterocycles. The van der Waals surface area contributed by atoms with Crippen LogP contribution in [0.5, 0.6) is 11.5 Å². The molecule has 0 amide bonds. The van der Waals surface area contributed by atoms with Gasteiger partial charge in [-0.25, -0.2) is 9.97 Å². The summed E-state index contributed by atoms with van der Waals surface area (Å²) in [6.07, 6.45) is 1.67. The summed E-state index contributed by atoms with van der Waals surface area (Å²) in [7, 11) is 0. The monoisotopic (exact) mass is 368 g/mol. The standard InChI is InChI=1S/C15H14BrClN2O2/c1-2-10-8-13(17)19-15(18-10)9-6-11(16)14-12(7-9)20-4-3-5-21-14/h6-8H,2-5H2,1H3. The summed E-state index contributed by atoms with van der Waals surface area (Å²) in [5, 5.41) is 0.445. The number of halogens is 2. The molecule has 2 aromatic rings. The van der Waals surface area contributed by atoms with Gasteiger partial charge in [-0.05, 0) is 40.5 Å². The summed E-state index contributed by atoms with van der Waals surface area (Å²) < 4.78 is 12.3. The molecule has 110 valence electrons. The molecule has 0 aliphatic carbocycles. The van der Waals surface area contributed by atoms with Crippen LogP contribution in [0.15, 0.2) is 22.7 Å². The molecule has 0 saturated heterocycles. The minimum Gasteiger partial charge on any atom is -0.489 e. The van der Waals surface area contributed by atoms with E-state index in [0.29, 0.717) is 29.9 Å². The van der Waals surface area contributed by atoms with Crippen LogP contribution in [-0.4, -0.2) is 23.2 Å². The van der Waals surface area contributed by atoms with Crippen molar-refractivity contribution in [3.8, 4) is 22.9 Å². The van der Waals surface area contributed by atoms with E-state index in [0.717, 1.165) is 34.3 Å². The fraction of sp³-hybridized carbons (Fsp3) is 0.333. The second kappa shape index (κ2) is 6.20. The third-order valence-electron chi connectivity index (χ3n) is 3.17. The Morgan fingerprint density at radius 1 is 1.19 bits per heavy atom. The Morgan fingerprint density at radius 2 is 2.00 bits per heavy atom. The van der Waals surface area contributed by atoms with Crippen molar-refractivity contribution in [2.45, 2.75) is 19.8 Å². The van der Waals surface area contributed by atoms with Gasteiger partial charge in [0.25, 0.3) is 0 Å². The number of rotatable bonds is 2. The Labute approximate surface area is 136 Å². The average molecular weight is 370 g/mol. The normalized spacial score (nSPS) is 13.9. The SMILES string of the molecule is CCc1cc(Cl)nc(-c2cc(Br)c3c(c2)OCCCO3)n1. The minimum atomic E-state index is 0.445. The van der Waals surface area contributed by atoms with Crippen LogP contribution in [0, 0.1) is 0 Å². The molecular weight excluding hydrogens is 356 g/mol. The first-order chi connectivity index (χ1) is 10.2. The van der Waals surface area contributed by atoms with Crippen molar-refractivity contribution in [1.82, 2.24) is 9.97 Å². The quantitative estimate of drug-likeness (QED) is 0.741. The number of aryl methyl sites for hydroxylation is 1. The minimum absolute atomic E-state index is 0.445. The summed E-state index contributed by atoms with van der Waals surface area (Å²) in [6.45, 7) is 3.32. The molecule has 0 unspecified atom stereocenters. The molecule has 1 aromatic heterocycles. The fourth-order valence-corrected chi connectivity index (χ4v) is 2.90. The second-order valence-electron chi connectivity index (χ2n) is 4.69. The van der Waals surface area contributed by atoms with Crippen LogP contribution in [0.4, 0.5) is 0 Å². The summed E-state index contributed by atoms with van der Waals surface area (Å²) in [5.41, 5.74) is 1.76. The molecular formula is C15H14BrClN2O2. The third-order valence-corrected chi connectivity index (χ3v) is 3.95. The number of ether oxygens (including phenoxy) is 2. The van der Waals surface area contributed by atoms with Crippen LogP contribution in [0.2, 0.25) is 5.15 Å². The molecule has 0 atom stereocenters. The van der Waals surface area contributed by atoms with E-state index in [1.165, 1.54) is 0 Å². The van der Waals surface area contributed by atoms with Gasteiger partial charge in [-0.3, -0.25) is 0 Å². The zero-order valence-electron chi connectivity index (χ0n) is 11.5. The van der Waals surface area contributed by atoms with Gasteiger partial charge in [0.1, 0.15) is 5.15 Å². The molecule has 2 heterocycles. The van der Waals surface area contributed by atoms with Crippen molar-refractivity contribution < 1.29 is 9.47 Å². The van der Waals surface area contributed by atoms with Gasteiger partial charge in [-0.2, -0.15) is 0 Å². The van der Waals surface area contributed by atoms with Gasteiger partial charge < -0.3 is 9.47 Å². The molecule has 0 spiro atoms. The molecule has 0 radical (unpaired) electrons. The van der Waals surface area contributed by atoms with Gasteiger partial charge in [0.2, 0.25) is 0 Å². The van der Waals surface area contributed by atoms with Crippen molar-refractivity contribution in [3.05, 3.63) is 33.5 Å². The Bertz CT molecular complexity index is 679. The number of aromatic nitrogens is 2. The number of fused-ring (bicyclic) bond motifs is 1. The van der Waals surface area contributed by atoms with E-state index in [1.54, 1.807) is 6.07 Å². The van der Waals surface area contributed by atoms with Gasteiger partial charge in [0.15, 0.2) is 17.3 Å². The number of nitrogens with zero attached hydrogens (tertiary/aromatic N) is 2. The second-order valence-corrected chi connectivity index (χ2v) is 5.94. The molecule has 0 saturated carbocycles. The van der Waals surface area contributed by atoms with Crippen molar-refractivity contribution in [3.63, 3.8) is 0 Å². The maximum atomic E-state index is 6.07. The van der Waals surface area contributed by atoms with Crippen LogP contribution < -0.4 is 9.47 Å². The number of hydrogen-bond donors (Lipinski definition) is 0. The van der Waals surface area contributed by atoms with Gasteiger partial charge in [0.05, 0.1) is 17.7 Å². The summed E-state index contributed by atoms with van der Waals surface area (Å²) in [4.78, 5) is 8.83. The molecule has 4 nitrogen and oxygen atoms in total. The maximum Gasteiger partial charge on any atom is 0.175 e. The van der Waals surface area contributed by atoms with Crippen LogP contribution in [0.3, 0.4) is 0 Å². The summed E-state index contributed by atoms with van der Waals surface area (Å²) in [6, 6.07) is 5.61. The highest BCUT2D eigenvalue weighted by Crippen LogP contribution is 2.40. The largest absolute Gasteiger partial charge is 0.489 e. The Morgan fingerprint density at radius 3 is 2.81 bits per heavy atom. The molecule has 21 heavy (non-hydrogen) atoms. The van der Waals surface area contributed by atoms with Crippen LogP contribution in [0.1, 0.15) is 19.0 Å². The molecule has 1 aliphatic rings. The van der Waals surface area contributed by atoms with Crippen molar-refractivity contribution in [2.24, 2.45) is 0 Å². The van der Waals surface area contributed by atoms with Crippen LogP contribution >= 0.6 is 27.5 Å². The first-order valence-corrected chi connectivity index (χ1v) is 7.97. The highest BCUT2D eigenvalue weighted by atomic mass is 79.9. The first kappa shape index (κ1) is 14.6. The molecule has 1 aromatic carbocycles. The van der Waals surface area contributed by atoms with Crippen LogP contribution in [0.25, 0.3) is 11.4 Å². The molecule has 0 fully saturated rings. The molecule has 3 rings (SSSR count). The Kier molecular flexibility index (Phi) is 4.31. The van der Waals surface area contributed by atoms with Gasteiger partial charge in [-0.1, -0.05) is 18.5 Å². The average Bonchev–Trinajstić information content (AvgIpc) is 2.72. The van der Waals surface area contributed by atoms with E-state index in [4.69, 9.17) is 21.1 Å². The lowest BCUT2D eigenvalue weighted by molar-refractivity contribution is 0.296. The third kappa shape index (κ3) is 3.14. The zero-order valence-corrected chi connectivity index (χ0v) is 13.9. The van der Waals surface area contributed by atoms with E-state index < -0.39 is 0 Å². The zero-order chi connectivity index (χ0) is 14.8. The number of hydrogen-bond acceptors (Lipinski definition) is 4. The van der Waals surface area contributed by atoms with Crippen molar-refractivity contribution in [1.29, 1.82) is 0 Å². The van der Waals surface area contributed by atoms with Crippen LogP contribution in [-0.2, 0) is 6.42 Å². The molecule has 6 heteroatoms. The van der Waals surface area contributed by atoms with E-state index in [2.05, 4.69) is 25.9 Å². The highest BCUT2D eigenvalue weighted by molar-refractivity contribution is 9.10. The van der Waals surface area contributed by atoms with Crippen molar-refractivity contribution in [2.75, 3.05) is 13.2 Å². The lowest BCUT2D eigenvalue weighted by Crippen LogP contribution is -1.97. The summed E-state index contributed by atoms with van der Waals surface area (Å²) >= 11 is 9.59. The van der Waals surface area contributed by atoms with E-state index in [9.17, 15) is 0 Å². The van der Waals surface area contributed by atoms with Crippen molar-refractivity contribution >= 4 is 27.5 Å². The highest BCUT2D eigenvalue weighted by Gasteiger charge is 2.17. The molecule has 0 N–H and O–H groups in total. The lowest BCUT2D eigenvalue weighted by atomic mass is 10.2. The maximum absolute atomic E-state index is 6.07. The van der Waals surface area contributed by atoms with Gasteiger partial charge in [0, 0.05) is 17.7 Å². The smallest absolute Gasteiger partial charge is 0.175 e. The van der Waals surface area contributed by atoms with Gasteiger partial charge in [-0.15, -0.1) is 0 Å². The molecule has 0 bridgehead atoms. The lowest BCUT2D eigenvalue weighted by Gasteiger charge is -2.11. The summed E-state index contributed by atoms with van der Waals surface area (Å²) in [5.74, 6) is 2.03. The van der Waals surface area contributed by atoms with E-state index in [-0.39, 0.29) is 0 Å². The Balaban J connectivity index is 2.09.